The average molecular weight is 514 g/mol. The van der Waals surface area contributed by atoms with Crippen LogP contribution in [0.4, 0.5) is 5.69 Å². The molecule has 1 aromatic rings. The zero-order chi connectivity index (χ0) is 27.7. The summed E-state index contributed by atoms with van der Waals surface area (Å²) in [6, 6.07) is 0.987. The number of hydrogen-bond acceptors (Lipinski definition) is 10. The van der Waals surface area contributed by atoms with Crippen molar-refractivity contribution in [3.05, 3.63) is 45.4 Å². The standard InChI is InChI=1S/C26H35N5O6/c1-29(2)10-11-7-14(30(3)4)12-8-26(28)9-13-16(23(35)18(26)22(34)15(12)20(11)32)21(33)17(25(27)37)24(36)19(13)31(5)6/h7,13,16,19,32,35-36H,8-10,28H2,1-6H3,(H2,27,37)/t13-,16?,19?,26-/m1/s1. The van der Waals surface area contributed by atoms with E-state index in [4.69, 9.17) is 11.5 Å². The smallest absolute Gasteiger partial charge is 0.255 e. The number of aliphatic hydroxyl groups is 2. The Hall–Kier alpha value is -3.41. The topological polar surface area (TPSA) is 174 Å². The maximum atomic E-state index is 14.0. The van der Waals surface area contributed by atoms with Crippen LogP contribution in [-0.2, 0) is 22.6 Å². The van der Waals surface area contributed by atoms with Gasteiger partial charge in [-0.25, -0.2) is 0 Å². The van der Waals surface area contributed by atoms with Gasteiger partial charge in [-0.3, -0.25) is 19.3 Å². The molecule has 0 saturated heterocycles. The summed E-state index contributed by atoms with van der Waals surface area (Å²) in [5.74, 6) is -5.83. The number of carbonyl (C=O) groups excluding carboxylic acids is 3. The molecule has 1 aromatic carbocycles. The van der Waals surface area contributed by atoms with Gasteiger partial charge in [0.2, 0.25) is 0 Å². The quantitative estimate of drug-likeness (QED) is 0.343. The Morgan fingerprint density at radius 2 is 1.70 bits per heavy atom. The first-order valence-corrected chi connectivity index (χ1v) is 12.0. The molecule has 200 valence electrons. The lowest BCUT2D eigenvalue weighted by atomic mass is 9.58. The van der Waals surface area contributed by atoms with Crippen LogP contribution in [0.2, 0.25) is 0 Å². The van der Waals surface area contributed by atoms with Gasteiger partial charge in [0.1, 0.15) is 22.8 Å². The number of anilines is 1. The summed E-state index contributed by atoms with van der Waals surface area (Å²) < 4.78 is 0. The van der Waals surface area contributed by atoms with E-state index in [0.29, 0.717) is 23.4 Å². The number of primary amides is 1. The number of allylic oxidation sites excluding steroid dienone is 1. The van der Waals surface area contributed by atoms with E-state index in [2.05, 4.69) is 0 Å². The van der Waals surface area contributed by atoms with Crippen LogP contribution in [0, 0.1) is 11.8 Å². The van der Waals surface area contributed by atoms with Crippen molar-refractivity contribution in [1.29, 1.82) is 0 Å². The fourth-order valence-electron chi connectivity index (χ4n) is 6.35. The number of likely N-dealkylation sites (N-methyl/N-ethyl adjacent to an activating group) is 1. The summed E-state index contributed by atoms with van der Waals surface area (Å²) in [4.78, 5) is 44.8. The Morgan fingerprint density at radius 1 is 1.08 bits per heavy atom. The Kier molecular flexibility index (Phi) is 6.38. The predicted molar refractivity (Wildman–Crippen MR) is 137 cm³/mol. The second-order valence-electron chi connectivity index (χ2n) is 11.1. The first-order chi connectivity index (χ1) is 17.1. The second-order valence-corrected chi connectivity index (χ2v) is 11.1. The van der Waals surface area contributed by atoms with Gasteiger partial charge in [0.25, 0.3) is 5.91 Å². The van der Waals surface area contributed by atoms with Crippen LogP contribution in [0.25, 0.3) is 0 Å². The minimum Gasteiger partial charge on any atom is -0.511 e. The predicted octanol–water partition coefficient (Wildman–Crippen LogP) is 0.215. The number of rotatable bonds is 5. The summed E-state index contributed by atoms with van der Waals surface area (Å²) >= 11 is 0. The van der Waals surface area contributed by atoms with E-state index in [-0.39, 0.29) is 29.7 Å². The van der Waals surface area contributed by atoms with E-state index in [9.17, 15) is 29.7 Å². The van der Waals surface area contributed by atoms with Gasteiger partial charge in [-0.15, -0.1) is 0 Å². The van der Waals surface area contributed by atoms with E-state index in [0.717, 1.165) is 0 Å². The van der Waals surface area contributed by atoms with Crippen molar-refractivity contribution in [1.82, 2.24) is 9.80 Å². The largest absolute Gasteiger partial charge is 0.511 e. The zero-order valence-corrected chi connectivity index (χ0v) is 22.0. The van der Waals surface area contributed by atoms with Crippen LogP contribution in [-0.4, -0.2) is 96.5 Å². The number of Topliss-reactive ketones (excluding diaryl/α,β-unsaturated/α-hetero) is 2. The molecular weight excluding hydrogens is 478 g/mol. The van der Waals surface area contributed by atoms with Crippen LogP contribution in [0.1, 0.15) is 27.9 Å². The second kappa shape index (κ2) is 8.86. The highest BCUT2D eigenvalue weighted by Crippen LogP contribution is 2.52. The van der Waals surface area contributed by atoms with Crippen molar-refractivity contribution < 1.29 is 29.7 Å². The molecule has 4 atom stereocenters. The summed E-state index contributed by atoms with van der Waals surface area (Å²) in [7, 11) is 10.7. The van der Waals surface area contributed by atoms with Crippen molar-refractivity contribution in [3.63, 3.8) is 0 Å². The van der Waals surface area contributed by atoms with Crippen LogP contribution >= 0.6 is 0 Å². The lowest BCUT2D eigenvalue weighted by Gasteiger charge is -2.50. The minimum absolute atomic E-state index is 0.0463. The van der Waals surface area contributed by atoms with Crippen molar-refractivity contribution in [2.45, 2.75) is 31.0 Å². The van der Waals surface area contributed by atoms with E-state index in [1.807, 2.05) is 44.1 Å². The molecule has 0 aromatic heterocycles. The van der Waals surface area contributed by atoms with Gasteiger partial charge in [-0.2, -0.15) is 0 Å². The zero-order valence-electron chi connectivity index (χ0n) is 22.0. The molecule has 0 heterocycles. The number of fused-ring (bicyclic) bond motifs is 3. The third-order valence-corrected chi connectivity index (χ3v) is 7.73. The fourth-order valence-corrected chi connectivity index (χ4v) is 6.35. The maximum absolute atomic E-state index is 14.0. The van der Waals surface area contributed by atoms with Gasteiger partial charge in [0.15, 0.2) is 11.6 Å². The Morgan fingerprint density at radius 3 is 2.22 bits per heavy atom. The third kappa shape index (κ3) is 3.89. The first kappa shape index (κ1) is 26.6. The summed E-state index contributed by atoms with van der Waals surface area (Å²) in [6.45, 7) is 0.367. The molecule has 0 bridgehead atoms. The number of ketones is 2. The number of phenolic OH excluding ortho intramolecular Hbond substituents is 1. The Bertz CT molecular complexity index is 1280. The van der Waals surface area contributed by atoms with Crippen molar-refractivity contribution >= 4 is 23.2 Å². The van der Waals surface area contributed by atoms with Crippen LogP contribution in [0.15, 0.2) is 28.7 Å². The van der Waals surface area contributed by atoms with Gasteiger partial charge in [0, 0.05) is 37.8 Å². The molecule has 0 spiro atoms. The number of phenols is 1. The number of aromatic hydroxyl groups is 1. The Labute approximate surface area is 215 Å². The van der Waals surface area contributed by atoms with Crippen LogP contribution in [0.3, 0.4) is 0 Å². The van der Waals surface area contributed by atoms with Gasteiger partial charge in [0.05, 0.1) is 28.6 Å². The lowest BCUT2D eigenvalue weighted by molar-refractivity contribution is -0.127. The van der Waals surface area contributed by atoms with Gasteiger partial charge >= 0.3 is 0 Å². The number of nitrogens with two attached hydrogens (primary N) is 2. The van der Waals surface area contributed by atoms with Crippen molar-refractivity contribution in [2.75, 3.05) is 47.2 Å². The summed E-state index contributed by atoms with van der Waals surface area (Å²) in [5.41, 5.74) is 12.0. The van der Waals surface area contributed by atoms with E-state index in [1.54, 1.807) is 19.0 Å². The molecule has 0 aliphatic heterocycles. The molecule has 3 aliphatic carbocycles. The lowest BCUT2D eigenvalue weighted by Crippen LogP contribution is -2.61. The normalized spacial score (nSPS) is 27.4. The average Bonchev–Trinajstić information content (AvgIpc) is 2.73. The number of amides is 1. The molecule has 3 aliphatic rings. The highest BCUT2D eigenvalue weighted by Gasteiger charge is 2.58. The molecular formula is C26H35N5O6. The van der Waals surface area contributed by atoms with Gasteiger partial charge < -0.3 is 36.6 Å². The molecule has 2 unspecified atom stereocenters. The summed E-state index contributed by atoms with van der Waals surface area (Å²) in [5, 5.41) is 33.5. The SMILES string of the molecule is CN(C)Cc1cc(N(C)C)c2c(c1O)C(=O)C1=C(O)C3C(=O)C(C(N)=O)=C(O)C(N(C)C)[C@@H]3C[C@]1(N)C2. The fraction of sp³-hybridized carbons (Fsp3) is 0.500. The molecule has 4 rings (SSSR count). The summed E-state index contributed by atoms with van der Waals surface area (Å²) in [6.07, 6.45) is 0.182. The third-order valence-electron chi connectivity index (χ3n) is 7.73. The van der Waals surface area contributed by atoms with Gasteiger partial charge in [-0.1, -0.05) is 0 Å². The van der Waals surface area contributed by atoms with Crippen LogP contribution in [0.5, 0.6) is 5.75 Å². The number of carbonyl (C=O) groups is 3. The molecule has 1 amide bonds. The molecule has 37 heavy (non-hydrogen) atoms. The molecule has 0 saturated carbocycles. The molecule has 0 radical (unpaired) electrons. The number of benzene rings is 1. The van der Waals surface area contributed by atoms with Gasteiger partial charge in [-0.05, 0) is 52.7 Å². The van der Waals surface area contributed by atoms with E-state index >= 15 is 0 Å². The van der Waals surface area contributed by atoms with Crippen LogP contribution < -0.4 is 16.4 Å². The van der Waals surface area contributed by atoms with E-state index < -0.39 is 58.0 Å². The molecule has 11 heteroatoms. The molecule has 0 fully saturated rings. The highest BCUT2D eigenvalue weighted by atomic mass is 16.3. The Balaban J connectivity index is 1.98. The minimum atomic E-state index is -1.38. The monoisotopic (exact) mass is 513 g/mol. The van der Waals surface area contributed by atoms with Crippen molar-refractivity contribution in [2.24, 2.45) is 23.3 Å². The van der Waals surface area contributed by atoms with E-state index in [1.165, 1.54) is 0 Å². The number of nitrogens with zero attached hydrogens (tertiary/aromatic N) is 3. The first-order valence-electron chi connectivity index (χ1n) is 12.0. The number of hydrogen-bond donors (Lipinski definition) is 5. The highest BCUT2D eigenvalue weighted by molar-refractivity contribution is 6.22. The molecule has 11 nitrogen and oxygen atoms in total. The maximum Gasteiger partial charge on any atom is 0.255 e. The van der Waals surface area contributed by atoms with Crippen molar-refractivity contribution in [3.8, 4) is 5.75 Å². The molecule has 7 N–H and O–H groups in total. The number of aliphatic hydroxyl groups excluding tert-OH is 2.